The van der Waals surface area contributed by atoms with Gasteiger partial charge < -0.3 is 15.8 Å². The van der Waals surface area contributed by atoms with Gasteiger partial charge in [0.15, 0.2) is 0 Å². The van der Waals surface area contributed by atoms with Crippen LogP contribution in [0.1, 0.15) is 49.1 Å². The van der Waals surface area contributed by atoms with E-state index >= 15 is 0 Å². The summed E-state index contributed by atoms with van der Waals surface area (Å²) in [4.78, 5) is 0. The molecular weight excluding hydrogens is 327 g/mol. The Kier molecular flexibility index (Phi) is 5.23. The highest BCUT2D eigenvalue weighted by Gasteiger charge is 2.39. The van der Waals surface area contributed by atoms with Crippen LogP contribution >= 0.6 is 0 Å². The fraction of sp³-hybridized carbons (Fsp3) is 0.455. The van der Waals surface area contributed by atoms with E-state index in [1.165, 1.54) is 30.9 Å². The summed E-state index contributed by atoms with van der Waals surface area (Å²) in [7, 11) is 0. The van der Waals surface area contributed by atoms with Crippen LogP contribution in [0.3, 0.4) is 0 Å². The van der Waals surface area contributed by atoms with Crippen LogP contribution in [0.5, 0.6) is 5.75 Å². The maximum atomic E-state index is 13.6. The molecule has 0 aliphatic heterocycles. The first-order chi connectivity index (χ1) is 12.7. The monoisotopic (exact) mass is 354 g/mol. The van der Waals surface area contributed by atoms with Crippen molar-refractivity contribution in [3.05, 3.63) is 65.5 Å². The van der Waals surface area contributed by atoms with Gasteiger partial charge in [0.1, 0.15) is 18.2 Å². The van der Waals surface area contributed by atoms with E-state index in [-0.39, 0.29) is 12.4 Å². The van der Waals surface area contributed by atoms with Crippen LogP contribution < -0.4 is 15.8 Å². The molecule has 138 valence electrons. The van der Waals surface area contributed by atoms with Crippen molar-refractivity contribution in [3.63, 3.8) is 0 Å². The Labute approximate surface area is 154 Å². The molecule has 4 rings (SSSR count). The van der Waals surface area contributed by atoms with Gasteiger partial charge in [-0.2, -0.15) is 0 Å². The second-order valence-electron chi connectivity index (χ2n) is 7.68. The molecule has 0 aromatic heterocycles. The Morgan fingerprint density at radius 3 is 2.46 bits per heavy atom. The normalized spacial score (nSPS) is 27.9. The van der Waals surface area contributed by atoms with Gasteiger partial charge in [-0.3, -0.25) is 0 Å². The molecule has 26 heavy (non-hydrogen) atoms. The summed E-state index contributed by atoms with van der Waals surface area (Å²) in [5.74, 6) is 1.16. The summed E-state index contributed by atoms with van der Waals surface area (Å²) >= 11 is 0. The zero-order valence-electron chi connectivity index (χ0n) is 15.0. The summed E-state index contributed by atoms with van der Waals surface area (Å²) in [5, 5.41) is 3.80. The third kappa shape index (κ3) is 4.25. The lowest BCUT2D eigenvalue weighted by molar-refractivity contribution is 0.300. The molecule has 2 saturated carbocycles. The van der Waals surface area contributed by atoms with E-state index in [4.69, 9.17) is 10.5 Å². The molecule has 0 heterocycles. The molecule has 2 atom stereocenters. The van der Waals surface area contributed by atoms with Gasteiger partial charge in [-0.1, -0.05) is 30.3 Å². The van der Waals surface area contributed by atoms with E-state index in [0.29, 0.717) is 29.6 Å². The van der Waals surface area contributed by atoms with Crippen LogP contribution in [-0.2, 0) is 6.61 Å². The molecule has 2 fully saturated rings. The average Bonchev–Trinajstić information content (AvgIpc) is 3.43. The van der Waals surface area contributed by atoms with Crippen molar-refractivity contribution in [2.24, 2.45) is 5.73 Å². The van der Waals surface area contributed by atoms with Crippen molar-refractivity contribution in [2.75, 3.05) is 0 Å². The third-order valence-corrected chi connectivity index (χ3v) is 5.67. The molecule has 2 aliphatic rings. The summed E-state index contributed by atoms with van der Waals surface area (Å²) in [6.45, 7) is 0.253. The Hall–Kier alpha value is -1.91. The van der Waals surface area contributed by atoms with E-state index in [0.717, 1.165) is 18.6 Å². The van der Waals surface area contributed by atoms with Crippen molar-refractivity contribution in [1.29, 1.82) is 0 Å². The first-order valence-corrected chi connectivity index (χ1v) is 9.67. The molecule has 4 heteroatoms. The smallest absolute Gasteiger partial charge is 0.129 e. The zero-order valence-corrected chi connectivity index (χ0v) is 15.0. The van der Waals surface area contributed by atoms with Crippen molar-refractivity contribution in [3.8, 4) is 5.75 Å². The SMILES string of the molecule is N[C@H]1CC[C@@H](N[C@H]2C[C@@H]2c2ccc(OCc3ccccc3F)cc2)CC1. The zero-order chi connectivity index (χ0) is 17.9. The molecule has 0 bridgehead atoms. The Morgan fingerprint density at radius 2 is 1.73 bits per heavy atom. The van der Waals surface area contributed by atoms with E-state index < -0.39 is 0 Å². The Morgan fingerprint density at radius 1 is 1.00 bits per heavy atom. The highest BCUT2D eigenvalue weighted by molar-refractivity contribution is 5.34. The van der Waals surface area contributed by atoms with E-state index in [1.54, 1.807) is 12.1 Å². The molecule has 2 aromatic carbocycles. The molecule has 3 nitrogen and oxygen atoms in total. The minimum Gasteiger partial charge on any atom is -0.489 e. The second-order valence-corrected chi connectivity index (χ2v) is 7.68. The Bertz CT molecular complexity index is 725. The first kappa shape index (κ1) is 17.5. The predicted molar refractivity (Wildman–Crippen MR) is 102 cm³/mol. The van der Waals surface area contributed by atoms with Gasteiger partial charge in [0.25, 0.3) is 0 Å². The van der Waals surface area contributed by atoms with Gasteiger partial charge in [0.05, 0.1) is 0 Å². The highest BCUT2D eigenvalue weighted by Crippen LogP contribution is 2.42. The van der Waals surface area contributed by atoms with Crippen LogP contribution in [0, 0.1) is 5.82 Å². The average molecular weight is 354 g/mol. The van der Waals surface area contributed by atoms with E-state index in [9.17, 15) is 4.39 Å². The summed E-state index contributed by atoms with van der Waals surface area (Å²) in [6.07, 6.45) is 5.89. The first-order valence-electron chi connectivity index (χ1n) is 9.67. The molecule has 3 N–H and O–H groups in total. The van der Waals surface area contributed by atoms with E-state index in [2.05, 4.69) is 17.4 Å². The molecule has 0 unspecified atom stereocenters. The third-order valence-electron chi connectivity index (χ3n) is 5.67. The predicted octanol–water partition coefficient (Wildman–Crippen LogP) is 4.12. The van der Waals surface area contributed by atoms with Gasteiger partial charge in [0.2, 0.25) is 0 Å². The van der Waals surface area contributed by atoms with Crippen molar-refractivity contribution in [1.82, 2.24) is 5.32 Å². The summed E-state index contributed by atoms with van der Waals surface area (Å²) < 4.78 is 19.4. The van der Waals surface area contributed by atoms with Crippen molar-refractivity contribution >= 4 is 0 Å². The van der Waals surface area contributed by atoms with Crippen LogP contribution in [0.4, 0.5) is 4.39 Å². The quantitative estimate of drug-likeness (QED) is 0.820. The topological polar surface area (TPSA) is 47.3 Å². The number of nitrogens with two attached hydrogens (primary N) is 1. The fourth-order valence-corrected chi connectivity index (χ4v) is 3.92. The molecule has 2 aliphatic carbocycles. The number of rotatable bonds is 6. The summed E-state index contributed by atoms with van der Waals surface area (Å²) in [5.41, 5.74) is 7.92. The van der Waals surface area contributed by atoms with Crippen molar-refractivity contribution < 1.29 is 9.13 Å². The molecule has 2 aromatic rings. The molecule has 0 amide bonds. The van der Waals surface area contributed by atoms with Gasteiger partial charge in [-0.05, 0) is 55.9 Å². The van der Waals surface area contributed by atoms with Crippen LogP contribution in [0.2, 0.25) is 0 Å². The second kappa shape index (κ2) is 7.77. The van der Waals surface area contributed by atoms with Crippen LogP contribution in [0.25, 0.3) is 0 Å². The Balaban J connectivity index is 1.27. The molecule has 0 saturated heterocycles. The fourth-order valence-electron chi connectivity index (χ4n) is 3.92. The number of hydrogen-bond acceptors (Lipinski definition) is 3. The van der Waals surface area contributed by atoms with Crippen LogP contribution in [0.15, 0.2) is 48.5 Å². The molecular formula is C22H27FN2O. The number of ether oxygens (including phenoxy) is 1. The lowest BCUT2D eigenvalue weighted by atomic mass is 9.92. The molecule has 0 spiro atoms. The number of nitrogens with one attached hydrogen (secondary N) is 1. The summed E-state index contributed by atoms with van der Waals surface area (Å²) in [6, 6.07) is 16.6. The lowest BCUT2D eigenvalue weighted by Crippen LogP contribution is -2.38. The number of benzene rings is 2. The minimum absolute atomic E-state index is 0.223. The number of halogens is 1. The van der Waals surface area contributed by atoms with Crippen molar-refractivity contribution in [2.45, 2.75) is 62.8 Å². The highest BCUT2D eigenvalue weighted by atomic mass is 19.1. The lowest BCUT2D eigenvalue weighted by Gasteiger charge is -2.27. The van der Waals surface area contributed by atoms with Gasteiger partial charge in [-0.15, -0.1) is 0 Å². The maximum Gasteiger partial charge on any atom is 0.129 e. The maximum absolute atomic E-state index is 13.6. The van der Waals surface area contributed by atoms with Crippen LogP contribution in [-0.4, -0.2) is 18.1 Å². The largest absolute Gasteiger partial charge is 0.489 e. The van der Waals surface area contributed by atoms with Gasteiger partial charge in [0, 0.05) is 29.6 Å². The minimum atomic E-state index is -0.223. The van der Waals surface area contributed by atoms with E-state index in [1.807, 2.05) is 18.2 Å². The molecule has 0 radical (unpaired) electrons. The van der Waals surface area contributed by atoms with Gasteiger partial charge in [-0.25, -0.2) is 4.39 Å². The number of hydrogen-bond donors (Lipinski definition) is 2. The standard InChI is InChI=1S/C22H27FN2O/c23-21-4-2-1-3-16(21)14-26-19-11-5-15(6-12-19)20-13-22(20)25-18-9-7-17(24)8-10-18/h1-6,11-12,17-18,20,22,25H,7-10,13-14,24H2/t17-,18+,20-,22+/m1/s1. The van der Waals surface area contributed by atoms with Gasteiger partial charge >= 0.3 is 0 Å².